The molecule has 159 valence electrons. The average Bonchev–Trinajstić information content (AvgIpc) is 2.99. The first-order valence-corrected chi connectivity index (χ1v) is 12.6. The van der Waals surface area contributed by atoms with Gasteiger partial charge in [-0.15, -0.1) is 0 Å². The van der Waals surface area contributed by atoms with Gasteiger partial charge in [-0.2, -0.15) is 0 Å². The quantitative estimate of drug-likeness (QED) is 0.479. The monoisotopic (exact) mass is 385 g/mol. The molecule has 0 aromatic carbocycles. The van der Waals surface area contributed by atoms with Crippen molar-refractivity contribution < 1.29 is 4.79 Å². The van der Waals surface area contributed by atoms with Crippen molar-refractivity contribution >= 4 is 5.78 Å². The minimum absolute atomic E-state index is 0.303. The van der Waals surface area contributed by atoms with Gasteiger partial charge in [-0.1, -0.05) is 53.9 Å². The van der Waals surface area contributed by atoms with E-state index in [0.29, 0.717) is 28.4 Å². The van der Waals surface area contributed by atoms with Crippen LogP contribution in [0.4, 0.5) is 0 Å². The summed E-state index contributed by atoms with van der Waals surface area (Å²) in [7, 11) is 0. The minimum Gasteiger partial charge on any atom is -0.299 e. The van der Waals surface area contributed by atoms with Gasteiger partial charge >= 0.3 is 0 Å². The lowest BCUT2D eigenvalue weighted by Gasteiger charge is -2.60. The summed E-state index contributed by atoms with van der Waals surface area (Å²) >= 11 is 0. The van der Waals surface area contributed by atoms with Gasteiger partial charge in [0, 0.05) is 12.3 Å². The number of carbonyl (C=O) groups excluding carboxylic acids is 1. The summed E-state index contributed by atoms with van der Waals surface area (Å²) in [5.41, 5.74) is 0.805. The van der Waals surface area contributed by atoms with Gasteiger partial charge < -0.3 is 0 Å². The lowest BCUT2D eigenvalue weighted by molar-refractivity contribution is -0.152. The van der Waals surface area contributed by atoms with E-state index in [-0.39, 0.29) is 0 Å². The van der Waals surface area contributed by atoms with Crippen LogP contribution in [0.3, 0.4) is 0 Å². The van der Waals surface area contributed by atoms with Gasteiger partial charge in [0.05, 0.1) is 0 Å². The lowest BCUT2D eigenvalue weighted by Crippen LogP contribution is -2.56. The van der Waals surface area contributed by atoms with Crippen LogP contribution in [-0.4, -0.2) is 5.78 Å². The Balaban J connectivity index is 1.50. The summed E-state index contributed by atoms with van der Waals surface area (Å²) in [5, 5.41) is 0. The highest BCUT2D eigenvalue weighted by Crippen LogP contribution is 2.67. The fraction of sp³-hybridized carbons (Fsp3) is 0.926. The van der Waals surface area contributed by atoms with Crippen LogP contribution in [0.5, 0.6) is 0 Å². The molecule has 1 nitrogen and oxygen atoms in total. The Morgan fingerprint density at radius 1 is 1.00 bits per heavy atom. The van der Waals surface area contributed by atoms with Crippen LogP contribution in [0.25, 0.3) is 0 Å². The smallest absolute Gasteiger partial charge is 0.136 e. The molecule has 1 unspecified atom stereocenters. The fourth-order valence-corrected chi connectivity index (χ4v) is 8.87. The van der Waals surface area contributed by atoms with Crippen LogP contribution in [0, 0.1) is 58.7 Å². The first-order valence-electron chi connectivity index (χ1n) is 12.6. The molecule has 4 aliphatic rings. The molecule has 0 aromatic heterocycles. The van der Waals surface area contributed by atoms with E-state index in [4.69, 9.17) is 0 Å². The van der Waals surface area contributed by atoms with E-state index in [1.165, 1.54) is 57.8 Å². The van der Waals surface area contributed by atoms with Crippen LogP contribution >= 0.6 is 0 Å². The maximum atomic E-state index is 13.2. The first kappa shape index (κ1) is 20.9. The largest absolute Gasteiger partial charge is 0.299 e. The number of hydrogen-bond acceptors (Lipinski definition) is 1. The van der Waals surface area contributed by atoms with Gasteiger partial charge in [-0.05, 0) is 97.7 Å². The molecule has 0 aliphatic heterocycles. The molecule has 0 heterocycles. The van der Waals surface area contributed by atoms with Gasteiger partial charge in [0.25, 0.3) is 0 Å². The summed E-state index contributed by atoms with van der Waals surface area (Å²) in [5.74, 6) is 5.88. The molecule has 8 atom stereocenters. The van der Waals surface area contributed by atoms with Crippen molar-refractivity contribution in [2.45, 2.75) is 105 Å². The maximum absolute atomic E-state index is 13.2. The van der Waals surface area contributed by atoms with Crippen LogP contribution < -0.4 is 0 Å². The molecule has 0 aromatic rings. The lowest BCUT2D eigenvalue weighted by atomic mass is 9.44. The standard InChI is InChI=1S/C27H45O/c1-18(2)9-8-10-19(3)21-12-13-22-20-17-25(28)24-11-6-7-15-26(24,4)23(20)14-16-27(21,22)5/h6,18-24H,7-17H2,1-5H3/t19-,20+,21-,22+,23+,24?,26-,27-/m1/s1. The number of rotatable bonds is 5. The van der Waals surface area contributed by atoms with Crippen molar-refractivity contribution in [1.29, 1.82) is 0 Å². The average molecular weight is 386 g/mol. The van der Waals surface area contributed by atoms with E-state index in [0.717, 1.165) is 42.4 Å². The van der Waals surface area contributed by atoms with E-state index in [2.05, 4.69) is 41.0 Å². The normalized spacial score (nSPS) is 46.8. The van der Waals surface area contributed by atoms with Crippen molar-refractivity contribution in [3.8, 4) is 0 Å². The van der Waals surface area contributed by atoms with E-state index < -0.39 is 0 Å². The van der Waals surface area contributed by atoms with Crippen molar-refractivity contribution in [2.24, 2.45) is 52.3 Å². The Hall–Kier alpha value is -0.330. The molecule has 4 fully saturated rings. The highest BCUT2D eigenvalue weighted by Gasteiger charge is 2.61. The van der Waals surface area contributed by atoms with Crippen molar-refractivity contribution in [2.75, 3.05) is 0 Å². The zero-order valence-electron chi connectivity index (χ0n) is 19.3. The van der Waals surface area contributed by atoms with E-state index in [9.17, 15) is 4.79 Å². The fourth-order valence-electron chi connectivity index (χ4n) is 8.87. The molecule has 28 heavy (non-hydrogen) atoms. The first-order chi connectivity index (χ1) is 13.3. The van der Waals surface area contributed by atoms with Gasteiger partial charge in [0.2, 0.25) is 0 Å². The Morgan fingerprint density at radius 2 is 1.75 bits per heavy atom. The molecule has 4 rings (SSSR count). The van der Waals surface area contributed by atoms with E-state index >= 15 is 0 Å². The number of hydrogen-bond donors (Lipinski definition) is 0. The molecule has 1 heteroatoms. The van der Waals surface area contributed by atoms with Crippen molar-refractivity contribution in [1.82, 2.24) is 0 Å². The molecule has 4 aliphatic carbocycles. The molecule has 1 radical (unpaired) electrons. The van der Waals surface area contributed by atoms with E-state index in [1.807, 2.05) is 0 Å². The van der Waals surface area contributed by atoms with Crippen molar-refractivity contribution in [3.63, 3.8) is 0 Å². The summed E-state index contributed by atoms with van der Waals surface area (Å²) in [6.45, 7) is 12.4. The maximum Gasteiger partial charge on any atom is 0.136 e. The van der Waals surface area contributed by atoms with Gasteiger partial charge in [0.1, 0.15) is 5.78 Å². The third-order valence-electron chi connectivity index (χ3n) is 10.4. The number of carbonyl (C=O) groups is 1. The van der Waals surface area contributed by atoms with Crippen molar-refractivity contribution in [3.05, 3.63) is 6.42 Å². The molecule has 4 saturated carbocycles. The molecule has 0 amide bonds. The Bertz CT molecular complexity index is 579. The van der Waals surface area contributed by atoms with Gasteiger partial charge in [-0.25, -0.2) is 0 Å². The summed E-state index contributed by atoms with van der Waals surface area (Å²) in [4.78, 5) is 13.2. The zero-order chi connectivity index (χ0) is 20.1. The molecular weight excluding hydrogens is 340 g/mol. The molecule has 0 spiro atoms. The zero-order valence-corrected chi connectivity index (χ0v) is 19.3. The summed E-state index contributed by atoms with van der Waals surface area (Å²) in [6.07, 6.45) is 16.7. The SMILES string of the molecule is CC(C)CCC[C@@H](C)[C@H]1CC[C@H]2[C@@H]3CC(=O)C4C[CH]CC[C@]4(C)[C@H]3CC[C@]12C. The Morgan fingerprint density at radius 3 is 2.50 bits per heavy atom. The number of fused-ring (bicyclic) bond motifs is 5. The highest BCUT2D eigenvalue weighted by atomic mass is 16.1. The predicted octanol–water partition coefficient (Wildman–Crippen LogP) is 7.49. The second kappa shape index (κ2) is 7.73. The summed E-state index contributed by atoms with van der Waals surface area (Å²) in [6, 6.07) is 0. The molecule has 0 bridgehead atoms. The molecule has 0 saturated heterocycles. The van der Waals surface area contributed by atoms with Gasteiger partial charge in [0.15, 0.2) is 0 Å². The van der Waals surface area contributed by atoms with Crippen LogP contribution in [-0.2, 0) is 4.79 Å². The van der Waals surface area contributed by atoms with Crippen LogP contribution in [0.2, 0.25) is 0 Å². The minimum atomic E-state index is 0.303. The highest BCUT2D eigenvalue weighted by molar-refractivity contribution is 5.83. The topological polar surface area (TPSA) is 17.1 Å². The third kappa shape index (κ3) is 3.31. The van der Waals surface area contributed by atoms with Crippen LogP contribution in [0.1, 0.15) is 105 Å². The van der Waals surface area contributed by atoms with Gasteiger partial charge in [-0.3, -0.25) is 4.79 Å². The Kier molecular flexibility index (Phi) is 5.78. The number of ketones is 1. The Labute approximate surface area is 174 Å². The third-order valence-corrected chi connectivity index (χ3v) is 10.4. The number of Topliss-reactive ketones (excluding diaryl/α,β-unsaturated/α-hetero) is 1. The summed E-state index contributed by atoms with van der Waals surface area (Å²) < 4.78 is 0. The second-order valence-electron chi connectivity index (χ2n) is 12.2. The predicted molar refractivity (Wildman–Crippen MR) is 118 cm³/mol. The molecule has 0 N–H and O–H groups in total. The van der Waals surface area contributed by atoms with E-state index in [1.54, 1.807) is 0 Å². The second-order valence-corrected chi connectivity index (χ2v) is 12.2. The molecular formula is C27H45O. The van der Waals surface area contributed by atoms with Crippen LogP contribution in [0.15, 0.2) is 0 Å².